The molecule has 2 atom stereocenters. The molecule has 7 heteroatoms. The number of benzene rings is 1. The highest BCUT2D eigenvalue weighted by molar-refractivity contribution is 7.80. The Morgan fingerprint density at radius 3 is 2.50 bits per heavy atom. The summed E-state index contributed by atoms with van der Waals surface area (Å²) < 4.78 is 2.12. The zero-order chi connectivity index (χ0) is 20.5. The van der Waals surface area contributed by atoms with Crippen molar-refractivity contribution in [2.75, 3.05) is 4.90 Å². The van der Waals surface area contributed by atoms with Gasteiger partial charge in [0, 0.05) is 30.0 Å². The van der Waals surface area contributed by atoms with Crippen LogP contribution < -0.4 is 10.2 Å². The lowest BCUT2D eigenvalue weighted by atomic mass is 10.0. The van der Waals surface area contributed by atoms with E-state index in [-0.39, 0.29) is 17.8 Å². The third-order valence-corrected chi connectivity index (χ3v) is 5.55. The van der Waals surface area contributed by atoms with Crippen LogP contribution in [0.5, 0.6) is 5.75 Å². The number of nitrogens with one attached hydrogen (secondary N) is 1. The van der Waals surface area contributed by atoms with Gasteiger partial charge < -0.3 is 19.9 Å². The zero-order valence-corrected chi connectivity index (χ0v) is 16.8. The fourth-order valence-corrected chi connectivity index (χ4v) is 4.26. The number of rotatable bonds is 4. The molecule has 30 heavy (non-hydrogen) atoms. The number of anilines is 1. The van der Waals surface area contributed by atoms with Crippen LogP contribution in [-0.4, -0.2) is 24.8 Å². The summed E-state index contributed by atoms with van der Waals surface area (Å²) in [6, 6.07) is 20.7. The SMILES string of the molecule is Oc1ccc(N2C(=S)N[C@@H](c3ccccn3)[C@H]2c2cccn2-c2cccnc2)cc1. The normalized spacial score (nSPS) is 18.4. The molecule has 6 nitrogen and oxygen atoms in total. The zero-order valence-electron chi connectivity index (χ0n) is 16.0. The maximum absolute atomic E-state index is 9.75. The van der Waals surface area contributed by atoms with E-state index in [9.17, 15) is 5.11 Å². The summed E-state index contributed by atoms with van der Waals surface area (Å²) in [5.41, 5.74) is 3.83. The Bertz CT molecular complexity index is 1160. The van der Waals surface area contributed by atoms with E-state index in [2.05, 4.69) is 30.8 Å². The van der Waals surface area contributed by atoms with Crippen molar-refractivity contribution in [1.82, 2.24) is 19.9 Å². The van der Waals surface area contributed by atoms with E-state index in [1.165, 1.54) is 0 Å². The second-order valence-electron chi connectivity index (χ2n) is 7.03. The van der Waals surface area contributed by atoms with Gasteiger partial charge >= 0.3 is 0 Å². The Morgan fingerprint density at radius 1 is 0.900 bits per heavy atom. The van der Waals surface area contributed by atoms with Crippen molar-refractivity contribution in [2.24, 2.45) is 0 Å². The molecule has 5 rings (SSSR count). The molecule has 1 fully saturated rings. The highest BCUT2D eigenvalue weighted by Gasteiger charge is 2.42. The summed E-state index contributed by atoms with van der Waals surface area (Å²) in [6.45, 7) is 0. The summed E-state index contributed by atoms with van der Waals surface area (Å²) in [5.74, 6) is 0.216. The second-order valence-corrected chi connectivity index (χ2v) is 7.41. The van der Waals surface area contributed by atoms with E-state index in [0.29, 0.717) is 5.11 Å². The summed E-state index contributed by atoms with van der Waals surface area (Å²) in [7, 11) is 0. The molecule has 0 radical (unpaired) electrons. The van der Waals surface area contributed by atoms with E-state index in [0.717, 1.165) is 22.8 Å². The van der Waals surface area contributed by atoms with Gasteiger partial charge in [0.2, 0.25) is 0 Å². The summed E-state index contributed by atoms with van der Waals surface area (Å²) in [6.07, 6.45) is 7.42. The first kappa shape index (κ1) is 18.3. The number of thiocarbonyl (C=S) groups is 1. The minimum absolute atomic E-state index is 0.141. The average molecular weight is 414 g/mol. The number of aromatic hydroxyl groups is 1. The molecule has 0 amide bonds. The quantitative estimate of drug-likeness (QED) is 0.490. The van der Waals surface area contributed by atoms with Crippen molar-refractivity contribution in [1.29, 1.82) is 0 Å². The third-order valence-electron chi connectivity index (χ3n) is 5.23. The lowest BCUT2D eigenvalue weighted by Crippen LogP contribution is -2.30. The lowest BCUT2D eigenvalue weighted by Gasteiger charge is -2.29. The van der Waals surface area contributed by atoms with Crippen LogP contribution >= 0.6 is 12.2 Å². The van der Waals surface area contributed by atoms with Gasteiger partial charge in [-0.25, -0.2) is 0 Å². The van der Waals surface area contributed by atoms with E-state index in [1.54, 1.807) is 24.5 Å². The number of nitrogens with zero attached hydrogens (tertiary/aromatic N) is 4. The molecule has 0 saturated carbocycles. The number of hydrogen-bond donors (Lipinski definition) is 2. The molecule has 0 aliphatic carbocycles. The maximum atomic E-state index is 9.75. The van der Waals surface area contributed by atoms with Crippen LogP contribution in [0, 0.1) is 0 Å². The molecular formula is C23H19N5OS. The molecular weight excluding hydrogens is 394 g/mol. The Hall–Kier alpha value is -3.71. The van der Waals surface area contributed by atoms with Gasteiger partial charge in [-0.3, -0.25) is 9.97 Å². The van der Waals surface area contributed by atoms with Crippen molar-refractivity contribution in [2.45, 2.75) is 12.1 Å². The van der Waals surface area contributed by atoms with Crippen LogP contribution in [0.3, 0.4) is 0 Å². The third kappa shape index (κ3) is 3.19. The number of hydrogen-bond acceptors (Lipinski definition) is 4. The molecule has 4 aromatic rings. The van der Waals surface area contributed by atoms with Gasteiger partial charge in [-0.1, -0.05) is 6.07 Å². The monoisotopic (exact) mass is 413 g/mol. The largest absolute Gasteiger partial charge is 0.508 e. The first-order valence-electron chi connectivity index (χ1n) is 9.60. The van der Waals surface area contributed by atoms with Gasteiger partial charge in [-0.05, 0) is 72.9 Å². The number of pyridine rings is 2. The molecule has 3 aromatic heterocycles. The number of phenols is 1. The first-order valence-corrected chi connectivity index (χ1v) is 10.0. The van der Waals surface area contributed by atoms with E-state index >= 15 is 0 Å². The van der Waals surface area contributed by atoms with Crippen molar-refractivity contribution in [3.63, 3.8) is 0 Å². The minimum Gasteiger partial charge on any atom is -0.508 e. The van der Waals surface area contributed by atoms with Crippen molar-refractivity contribution >= 4 is 23.0 Å². The molecule has 1 saturated heterocycles. The predicted octanol–water partition coefficient (Wildman–Crippen LogP) is 4.15. The Morgan fingerprint density at radius 2 is 1.77 bits per heavy atom. The topological polar surface area (TPSA) is 66.2 Å². The smallest absolute Gasteiger partial charge is 0.174 e. The molecule has 4 heterocycles. The van der Waals surface area contributed by atoms with Gasteiger partial charge in [0.1, 0.15) is 11.8 Å². The van der Waals surface area contributed by atoms with Crippen LogP contribution in [0.25, 0.3) is 5.69 Å². The van der Waals surface area contributed by atoms with E-state index in [1.807, 2.05) is 60.9 Å². The lowest BCUT2D eigenvalue weighted by molar-refractivity contribution is 0.475. The summed E-state index contributed by atoms with van der Waals surface area (Å²) in [4.78, 5) is 10.9. The second kappa shape index (κ2) is 7.61. The van der Waals surface area contributed by atoms with Crippen molar-refractivity contribution in [3.05, 3.63) is 103 Å². The van der Waals surface area contributed by atoms with Crippen LogP contribution in [0.4, 0.5) is 5.69 Å². The molecule has 0 unspecified atom stereocenters. The van der Waals surface area contributed by atoms with Crippen LogP contribution in [-0.2, 0) is 0 Å². The molecule has 148 valence electrons. The molecule has 2 N–H and O–H groups in total. The maximum Gasteiger partial charge on any atom is 0.174 e. The number of aromatic nitrogens is 3. The molecule has 1 aliphatic rings. The van der Waals surface area contributed by atoms with Gasteiger partial charge in [0.15, 0.2) is 5.11 Å². The fraction of sp³-hybridized carbons (Fsp3) is 0.0870. The fourth-order valence-electron chi connectivity index (χ4n) is 3.91. The van der Waals surface area contributed by atoms with Gasteiger partial charge in [-0.15, -0.1) is 0 Å². The Labute approximate surface area is 179 Å². The highest BCUT2D eigenvalue weighted by Crippen LogP contribution is 2.42. The number of phenolic OH excluding ortho intramolecular Hbond substituents is 1. The molecule has 1 aliphatic heterocycles. The molecule has 1 aromatic carbocycles. The Balaban J connectivity index is 1.67. The first-order chi connectivity index (χ1) is 14.7. The molecule has 0 spiro atoms. The van der Waals surface area contributed by atoms with Crippen molar-refractivity contribution in [3.8, 4) is 11.4 Å². The summed E-state index contributed by atoms with van der Waals surface area (Å²) >= 11 is 5.75. The van der Waals surface area contributed by atoms with Crippen LogP contribution in [0.15, 0.2) is 91.5 Å². The minimum atomic E-state index is -0.146. The van der Waals surface area contributed by atoms with Crippen LogP contribution in [0.2, 0.25) is 0 Å². The van der Waals surface area contributed by atoms with E-state index in [4.69, 9.17) is 12.2 Å². The van der Waals surface area contributed by atoms with Crippen molar-refractivity contribution < 1.29 is 5.11 Å². The average Bonchev–Trinajstić information content (AvgIpc) is 3.40. The summed E-state index contributed by atoms with van der Waals surface area (Å²) in [5, 5.41) is 13.8. The van der Waals surface area contributed by atoms with Crippen LogP contribution in [0.1, 0.15) is 23.5 Å². The van der Waals surface area contributed by atoms with Gasteiger partial charge in [0.05, 0.1) is 23.6 Å². The van der Waals surface area contributed by atoms with Gasteiger partial charge in [0.25, 0.3) is 0 Å². The molecule has 0 bridgehead atoms. The standard InChI is InChI=1S/C23H19N5OS/c29-18-10-8-16(9-11-18)28-22(21(26-23(28)30)19-6-1-2-13-25-19)20-7-4-14-27(20)17-5-3-12-24-15-17/h1-15,21-22,29H,(H,26,30)/t21-,22+/m0/s1. The van der Waals surface area contributed by atoms with E-state index < -0.39 is 0 Å². The predicted molar refractivity (Wildman–Crippen MR) is 120 cm³/mol. The Kier molecular flexibility index (Phi) is 4.65. The highest BCUT2D eigenvalue weighted by atomic mass is 32.1. The van der Waals surface area contributed by atoms with Gasteiger partial charge in [-0.2, -0.15) is 0 Å².